The molecule has 0 aliphatic heterocycles. The zero-order valence-electron chi connectivity index (χ0n) is 25.7. The van der Waals surface area contributed by atoms with Gasteiger partial charge in [0.15, 0.2) is 0 Å². The van der Waals surface area contributed by atoms with Crippen LogP contribution in [0.25, 0.3) is 0 Å². The number of ether oxygens (including phenoxy) is 1. The molecule has 6 heteroatoms. The minimum atomic E-state index is -2.87. The fourth-order valence-electron chi connectivity index (χ4n) is 5.54. The Labute approximate surface area is 244 Å². The summed E-state index contributed by atoms with van der Waals surface area (Å²) in [6, 6.07) is 20.6. The van der Waals surface area contributed by atoms with E-state index in [2.05, 4.69) is 58.9 Å². The maximum Gasteiger partial charge on any atom is 0.306 e. The molecule has 0 spiro atoms. The number of benzene rings is 2. The highest BCUT2D eigenvalue weighted by atomic mass is 28.4. The monoisotopic (exact) mass is 570 g/mol. The van der Waals surface area contributed by atoms with Gasteiger partial charge in [-0.05, 0) is 34.2 Å². The molecule has 0 saturated heterocycles. The molecule has 0 unspecified atom stereocenters. The molecule has 0 heterocycles. The van der Waals surface area contributed by atoms with Crippen molar-refractivity contribution in [1.82, 2.24) is 0 Å². The second-order valence-corrected chi connectivity index (χ2v) is 16.8. The van der Waals surface area contributed by atoms with Gasteiger partial charge in [0.05, 0.1) is 18.6 Å². The standard InChI is InChI=1S/C34H54O5Si/c1-6-8-12-18-29(19-13-9-7-2)24-32(37)38-27-34(25-35,26-36)28-39-40(33(3,4)5,30-20-14-10-15-21-30)31-22-16-11-17-23-31/h10-11,14-17,20-23,29,35-36H,6-9,12-13,18-19,24-28H2,1-5H3. The maximum atomic E-state index is 13.0. The molecule has 0 aliphatic rings. The Morgan fingerprint density at radius 3 is 1.65 bits per heavy atom. The molecule has 2 aromatic rings. The number of esters is 1. The highest BCUT2D eigenvalue weighted by molar-refractivity contribution is 6.99. The summed E-state index contributed by atoms with van der Waals surface area (Å²) in [7, 11) is -2.87. The van der Waals surface area contributed by atoms with Crippen molar-refractivity contribution >= 4 is 24.7 Å². The number of aliphatic hydroxyl groups is 2. The van der Waals surface area contributed by atoms with Crippen molar-refractivity contribution in [1.29, 1.82) is 0 Å². The molecule has 0 bridgehead atoms. The van der Waals surface area contributed by atoms with E-state index >= 15 is 0 Å². The number of hydrogen-bond donors (Lipinski definition) is 2. The second kappa shape index (κ2) is 17.1. The van der Waals surface area contributed by atoms with E-state index in [0.29, 0.717) is 12.3 Å². The predicted octanol–water partition coefficient (Wildman–Crippen LogP) is 6.24. The van der Waals surface area contributed by atoms with E-state index < -0.39 is 13.7 Å². The summed E-state index contributed by atoms with van der Waals surface area (Å²) in [5.74, 6) is 0.0614. The second-order valence-electron chi connectivity index (χ2n) is 12.5. The van der Waals surface area contributed by atoms with Gasteiger partial charge < -0.3 is 19.4 Å². The van der Waals surface area contributed by atoms with Crippen LogP contribution in [0.3, 0.4) is 0 Å². The largest absolute Gasteiger partial charge is 0.465 e. The average molecular weight is 571 g/mol. The molecule has 0 atom stereocenters. The molecule has 2 rings (SSSR count). The number of aliphatic hydroxyl groups excluding tert-OH is 2. The molecule has 5 nitrogen and oxygen atoms in total. The number of rotatable bonds is 19. The summed E-state index contributed by atoms with van der Waals surface area (Å²) >= 11 is 0. The zero-order valence-corrected chi connectivity index (χ0v) is 26.7. The van der Waals surface area contributed by atoms with Gasteiger partial charge in [0.25, 0.3) is 8.32 Å². The van der Waals surface area contributed by atoms with Gasteiger partial charge in [-0.15, -0.1) is 0 Å². The van der Waals surface area contributed by atoms with Crippen molar-refractivity contribution in [3.05, 3.63) is 60.7 Å². The van der Waals surface area contributed by atoms with Crippen molar-refractivity contribution in [2.24, 2.45) is 11.3 Å². The Bertz CT molecular complexity index is 904. The van der Waals surface area contributed by atoms with Crippen LogP contribution in [-0.4, -0.2) is 50.9 Å². The van der Waals surface area contributed by atoms with E-state index in [9.17, 15) is 15.0 Å². The first kappa shape index (κ1) is 34.2. The van der Waals surface area contributed by atoms with Crippen molar-refractivity contribution in [3.8, 4) is 0 Å². The van der Waals surface area contributed by atoms with Crippen molar-refractivity contribution in [2.45, 2.75) is 97.4 Å². The van der Waals surface area contributed by atoms with E-state index in [1.807, 2.05) is 36.4 Å². The Morgan fingerprint density at radius 2 is 1.25 bits per heavy atom. The van der Waals surface area contributed by atoms with Crippen molar-refractivity contribution < 1.29 is 24.2 Å². The van der Waals surface area contributed by atoms with Gasteiger partial charge >= 0.3 is 5.97 Å². The van der Waals surface area contributed by atoms with Crippen LogP contribution in [-0.2, 0) is 14.0 Å². The molecule has 224 valence electrons. The fraction of sp³-hybridized carbons (Fsp3) is 0.618. The van der Waals surface area contributed by atoms with Crippen LogP contribution >= 0.6 is 0 Å². The van der Waals surface area contributed by atoms with Gasteiger partial charge in [-0.3, -0.25) is 4.79 Å². The number of hydrogen-bond acceptors (Lipinski definition) is 5. The summed E-state index contributed by atoms with van der Waals surface area (Å²) in [5.41, 5.74) is -1.09. The first-order valence-electron chi connectivity index (χ1n) is 15.3. The lowest BCUT2D eigenvalue weighted by molar-refractivity contribution is -0.152. The molecular formula is C34H54O5Si. The van der Waals surface area contributed by atoms with Crippen LogP contribution in [0, 0.1) is 11.3 Å². The van der Waals surface area contributed by atoms with Gasteiger partial charge in [0.2, 0.25) is 0 Å². The Balaban J connectivity index is 2.23. The van der Waals surface area contributed by atoms with Crippen LogP contribution in [0.4, 0.5) is 0 Å². The first-order chi connectivity index (χ1) is 19.2. The van der Waals surface area contributed by atoms with Crippen LogP contribution < -0.4 is 10.4 Å². The number of carbonyl (C=O) groups excluding carboxylic acids is 1. The van der Waals surface area contributed by atoms with Crippen molar-refractivity contribution in [2.75, 3.05) is 26.4 Å². The number of unbranched alkanes of at least 4 members (excludes halogenated alkanes) is 4. The van der Waals surface area contributed by atoms with Gasteiger partial charge in [-0.1, -0.05) is 134 Å². The van der Waals surface area contributed by atoms with Crippen molar-refractivity contribution in [3.63, 3.8) is 0 Å². The molecule has 0 saturated carbocycles. The van der Waals surface area contributed by atoms with E-state index in [-0.39, 0.29) is 37.4 Å². The van der Waals surface area contributed by atoms with Gasteiger partial charge in [-0.25, -0.2) is 0 Å². The predicted molar refractivity (Wildman–Crippen MR) is 168 cm³/mol. The van der Waals surface area contributed by atoms with Crippen LogP contribution in [0.15, 0.2) is 60.7 Å². The summed E-state index contributed by atoms with van der Waals surface area (Å²) in [6.07, 6.45) is 9.39. The van der Waals surface area contributed by atoms with E-state index in [0.717, 1.165) is 48.9 Å². The SMILES string of the molecule is CCCCCC(CCCCC)CC(=O)OCC(CO)(CO)CO[Si](c1ccccc1)(c1ccccc1)C(C)(C)C. The summed E-state index contributed by atoms with van der Waals surface area (Å²) < 4.78 is 12.8. The minimum absolute atomic E-state index is 0.0757. The molecule has 0 amide bonds. The fourth-order valence-corrected chi connectivity index (χ4v) is 10.2. The lowest BCUT2D eigenvalue weighted by atomic mass is 9.91. The molecule has 0 aromatic heterocycles. The minimum Gasteiger partial charge on any atom is -0.465 e. The first-order valence-corrected chi connectivity index (χ1v) is 17.2. The normalized spacial score (nSPS) is 12.6. The maximum absolute atomic E-state index is 13.0. The molecule has 2 N–H and O–H groups in total. The molecule has 0 aliphatic carbocycles. The zero-order chi connectivity index (χ0) is 29.5. The molecule has 40 heavy (non-hydrogen) atoms. The summed E-state index contributed by atoms with van der Waals surface area (Å²) in [6.45, 7) is 10.3. The Kier molecular flexibility index (Phi) is 14.6. The quantitative estimate of drug-likeness (QED) is 0.119. The van der Waals surface area contributed by atoms with Gasteiger partial charge in [0, 0.05) is 13.0 Å². The molecule has 0 radical (unpaired) electrons. The third-order valence-corrected chi connectivity index (χ3v) is 13.1. The van der Waals surface area contributed by atoms with Crippen LogP contribution in [0.1, 0.15) is 92.4 Å². The summed E-state index contributed by atoms with van der Waals surface area (Å²) in [5, 5.41) is 23.0. The smallest absolute Gasteiger partial charge is 0.306 e. The molecule has 0 fully saturated rings. The Hall–Kier alpha value is -1.99. The molecule has 2 aromatic carbocycles. The van der Waals surface area contributed by atoms with Gasteiger partial charge in [0.1, 0.15) is 6.61 Å². The highest BCUT2D eigenvalue weighted by Crippen LogP contribution is 2.38. The lowest BCUT2D eigenvalue weighted by Gasteiger charge is -2.45. The average Bonchev–Trinajstić information content (AvgIpc) is 2.96. The van der Waals surface area contributed by atoms with E-state index in [1.54, 1.807) is 0 Å². The number of carbonyl (C=O) groups is 1. The van der Waals surface area contributed by atoms with Gasteiger partial charge in [-0.2, -0.15) is 0 Å². The third kappa shape index (κ3) is 9.54. The highest BCUT2D eigenvalue weighted by Gasteiger charge is 2.51. The lowest BCUT2D eigenvalue weighted by Crippen LogP contribution is -2.67. The Morgan fingerprint density at radius 1 is 0.775 bits per heavy atom. The van der Waals surface area contributed by atoms with E-state index in [4.69, 9.17) is 9.16 Å². The third-order valence-electron chi connectivity index (χ3n) is 8.11. The topological polar surface area (TPSA) is 76.0 Å². The van der Waals surface area contributed by atoms with Crippen LogP contribution in [0.2, 0.25) is 5.04 Å². The van der Waals surface area contributed by atoms with E-state index in [1.165, 1.54) is 12.8 Å². The van der Waals surface area contributed by atoms with Crippen LogP contribution in [0.5, 0.6) is 0 Å². The summed E-state index contributed by atoms with van der Waals surface area (Å²) in [4.78, 5) is 13.0. The molecular weight excluding hydrogens is 516 g/mol.